The fourth-order valence-corrected chi connectivity index (χ4v) is 3.62. The third-order valence-corrected chi connectivity index (χ3v) is 4.70. The van der Waals surface area contributed by atoms with Crippen molar-refractivity contribution in [2.45, 2.75) is 18.8 Å². The van der Waals surface area contributed by atoms with Crippen LogP contribution in [0.5, 0.6) is 5.75 Å². The Morgan fingerprint density at radius 3 is 2.64 bits per heavy atom. The molecule has 22 heavy (non-hydrogen) atoms. The number of allylic oxidation sites excluding steroid dienone is 1. The predicted octanol–water partition coefficient (Wildman–Crippen LogP) is 4.23. The van der Waals surface area contributed by atoms with Gasteiger partial charge in [-0.1, -0.05) is 48.5 Å². The van der Waals surface area contributed by atoms with Crippen LogP contribution in [0.25, 0.3) is 6.08 Å². The number of carbonyl (C=O) groups excluding carboxylic acids is 1. The fraction of sp³-hybridized carbons (Fsp3) is 0.250. The maximum absolute atomic E-state index is 12.6. The van der Waals surface area contributed by atoms with Crippen molar-refractivity contribution in [3.63, 3.8) is 0 Å². The molecule has 2 atom stereocenters. The molecule has 0 radical (unpaired) electrons. The molecule has 4 rings (SSSR count). The van der Waals surface area contributed by atoms with Crippen molar-refractivity contribution in [2.24, 2.45) is 5.92 Å². The van der Waals surface area contributed by atoms with Gasteiger partial charge in [0.05, 0.1) is 6.61 Å². The van der Waals surface area contributed by atoms with E-state index in [4.69, 9.17) is 4.74 Å². The molecule has 0 bridgehead atoms. The van der Waals surface area contributed by atoms with Gasteiger partial charge in [-0.25, -0.2) is 0 Å². The van der Waals surface area contributed by atoms with Crippen LogP contribution >= 0.6 is 0 Å². The van der Waals surface area contributed by atoms with Gasteiger partial charge < -0.3 is 4.74 Å². The highest BCUT2D eigenvalue weighted by Gasteiger charge is 2.39. The summed E-state index contributed by atoms with van der Waals surface area (Å²) in [5.74, 6) is 1.79. The number of fused-ring (bicyclic) bond motifs is 3. The zero-order valence-corrected chi connectivity index (χ0v) is 12.4. The van der Waals surface area contributed by atoms with Gasteiger partial charge in [0.2, 0.25) is 0 Å². The van der Waals surface area contributed by atoms with E-state index in [0.29, 0.717) is 18.9 Å². The smallest absolute Gasteiger partial charge is 0.159 e. The summed E-state index contributed by atoms with van der Waals surface area (Å²) in [6.45, 7) is 0.709. The summed E-state index contributed by atoms with van der Waals surface area (Å²) >= 11 is 0. The summed E-state index contributed by atoms with van der Waals surface area (Å²) in [5, 5.41) is 0. The Balaban J connectivity index is 1.83. The first-order chi connectivity index (χ1) is 10.8. The standard InChI is InChI=1S/C20H18O2/c21-18-11-10-15-13-22-19-9-5-4-8-16(19)20(15)17(18)12-14-6-2-1-3-7-14/h1-9,12,15,20H,10-11,13H2/b17-12+/t15-,20+/m0/s1. The summed E-state index contributed by atoms with van der Waals surface area (Å²) in [7, 11) is 0. The van der Waals surface area contributed by atoms with Gasteiger partial charge >= 0.3 is 0 Å². The average Bonchev–Trinajstić information content (AvgIpc) is 2.58. The van der Waals surface area contributed by atoms with Crippen LogP contribution in [-0.4, -0.2) is 12.4 Å². The van der Waals surface area contributed by atoms with E-state index in [-0.39, 0.29) is 11.7 Å². The van der Waals surface area contributed by atoms with Gasteiger partial charge in [0.15, 0.2) is 5.78 Å². The van der Waals surface area contributed by atoms with E-state index in [0.717, 1.165) is 28.9 Å². The normalized spacial score (nSPS) is 25.3. The van der Waals surface area contributed by atoms with Crippen LogP contribution in [-0.2, 0) is 4.79 Å². The van der Waals surface area contributed by atoms with Crippen molar-refractivity contribution in [1.82, 2.24) is 0 Å². The number of rotatable bonds is 1. The predicted molar refractivity (Wildman–Crippen MR) is 86.8 cm³/mol. The minimum Gasteiger partial charge on any atom is -0.493 e. The summed E-state index contributed by atoms with van der Waals surface area (Å²) < 4.78 is 5.89. The Morgan fingerprint density at radius 1 is 1.00 bits per heavy atom. The maximum Gasteiger partial charge on any atom is 0.159 e. The molecule has 0 unspecified atom stereocenters. The molecule has 1 aliphatic carbocycles. The second-order valence-electron chi connectivity index (χ2n) is 6.06. The number of ether oxygens (including phenoxy) is 1. The van der Waals surface area contributed by atoms with Crippen LogP contribution in [0, 0.1) is 5.92 Å². The largest absolute Gasteiger partial charge is 0.493 e. The lowest BCUT2D eigenvalue weighted by molar-refractivity contribution is -0.117. The SMILES string of the molecule is O=C1CC[C@H]2COc3ccccc3[C@@H]2/C1=C/c1ccccc1. The van der Waals surface area contributed by atoms with Crippen LogP contribution in [0.3, 0.4) is 0 Å². The number of hydrogen-bond donors (Lipinski definition) is 0. The number of carbonyl (C=O) groups is 1. The second-order valence-corrected chi connectivity index (χ2v) is 6.06. The van der Waals surface area contributed by atoms with Crippen LogP contribution < -0.4 is 4.74 Å². The van der Waals surface area contributed by atoms with Gasteiger partial charge in [-0.05, 0) is 24.1 Å². The van der Waals surface area contributed by atoms with E-state index >= 15 is 0 Å². The molecule has 1 saturated carbocycles. The van der Waals surface area contributed by atoms with E-state index in [2.05, 4.69) is 24.3 Å². The molecular formula is C20H18O2. The van der Waals surface area contributed by atoms with Crippen LogP contribution in [0.15, 0.2) is 60.2 Å². The number of para-hydroxylation sites is 1. The minimum absolute atomic E-state index is 0.173. The number of benzene rings is 2. The molecule has 110 valence electrons. The van der Waals surface area contributed by atoms with Crippen LogP contribution in [0.2, 0.25) is 0 Å². The molecule has 0 amide bonds. The summed E-state index contributed by atoms with van der Waals surface area (Å²) in [4.78, 5) is 12.6. The van der Waals surface area contributed by atoms with E-state index in [1.54, 1.807) is 0 Å². The average molecular weight is 290 g/mol. The second kappa shape index (κ2) is 5.45. The first-order valence-electron chi connectivity index (χ1n) is 7.84. The fourth-order valence-electron chi connectivity index (χ4n) is 3.62. The minimum atomic E-state index is 0.173. The molecule has 2 aliphatic rings. The Hall–Kier alpha value is -2.35. The van der Waals surface area contributed by atoms with Crippen molar-refractivity contribution in [2.75, 3.05) is 6.61 Å². The Bertz CT molecular complexity index is 730. The Kier molecular flexibility index (Phi) is 3.30. The highest BCUT2D eigenvalue weighted by molar-refractivity contribution is 6.02. The molecule has 2 nitrogen and oxygen atoms in total. The van der Waals surface area contributed by atoms with E-state index in [9.17, 15) is 4.79 Å². The zero-order chi connectivity index (χ0) is 14.9. The van der Waals surface area contributed by atoms with E-state index in [1.165, 1.54) is 0 Å². The molecule has 2 aromatic carbocycles. The molecule has 1 heterocycles. The first kappa shape index (κ1) is 13.3. The number of ketones is 1. The van der Waals surface area contributed by atoms with Crippen LogP contribution in [0.4, 0.5) is 0 Å². The van der Waals surface area contributed by atoms with Gasteiger partial charge in [-0.15, -0.1) is 0 Å². The number of hydrogen-bond acceptors (Lipinski definition) is 2. The van der Waals surface area contributed by atoms with Gasteiger partial charge in [0.1, 0.15) is 5.75 Å². The van der Waals surface area contributed by atoms with Gasteiger partial charge in [0, 0.05) is 29.4 Å². The first-order valence-corrected chi connectivity index (χ1v) is 7.84. The topological polar surface area (TPSA) is 26.3 Å². The molecule has 0 saturated heterocycles. The lowest BCUT2D eigenvalue weighted by Crippen LogP contribution is -2.33. The van der Waals surface area contributed by atoms with E-state index in [1.807, 2.05) is 36.4 Å². The molecule has 2 heteroatoms. The highest BCUT2D eigenvalue weighted by Crippen LogP contribution is 2.47. The molecule has 2 aromatic rings. The van der Waals surface area contributed by atoms with Crippen molar-refractivity contribution >= 4 is 11.9 Å². The van der Waals surface area contributed by atoms with Crippen molar-refractivity contribution in [3.8, 4) is 5.75 Å². The van der Waals surface area contributed by atoms with E-state index < -0.39 is 0 Å². The molecule has 1 aliphatic heterocycles. The van der Waals surface area contributed by atoms with Gasteiger partial charge in [-0.3, -0.25) is 4.79 Å². The Labute approximate surface area is 130 Å². The maximum atomic E-state index is 12.6. The van der Waals surface area contributed by atoms with Crippen molar-refractivity contribution < 1.29 is 9.53 Å². The van der Waals surface area contributed by atoms with Crippen molar-refractivity contribution in [3.05, 3.63) is 71.3 Å². The summed E-state index contributed by atoms with van der Waals surface area (Å²) in [6.07, 6.45) is 3.62. The molecular weight excluding hydrogens is 272 g/mol. The number of Topliss-reactive ketones (excluding diaryl/α,β-unsaturated/α-hetero) is 1. The van der Waals surface area contributed by atoms with Gasteiger partial charge in [0.25, 0.3) is 0 Å². The Morgan fingerprint density at radius 2 is 1.77 bits per heavy atom. The van der Waals surface area contributed by atoms with Gasteiger partial charge in [-0.2, -0.15) is 0 Å². The zero-order valence-electron chi connectivity index (χ0n) is 12.4. The molecule has 0 spiro atoms. The highest BCUT2D eigenvalue weighted by atomic mass is 16.5. The lowest BCUT2D eigenvalue weighted by atomic mass is 9.70. The summed E-state index contributed by atoms with van der Waals surface area (Å²) in [5.41, 5.74) is 3.20. The monoisotopic (exact) mass is 290 g/mol. The van der Waals surface area contributed by atoms with Crippen LogP contribution in [0.1, 0.15) is 29.9 Å². The summed E-state index contributed by atoms with van der Waals surface area (Å²) in [6, 6.07) is 18.2. The quantitative estimate of drug-likeness (QED) is 0.735. The third kappa shape index (κ3) is 2.25. The molecule has 0 aromatic heterocycles. The van der Waals surface area contributed by atoms with Crippen molar-refractivity contribution in [1.29, 1.82) is 0 Å². The molecule has 1 fully saturated rings. The third-order valence-electron chi connectivity index (χ3n) is 4.70. The lowest BCUT2D eigenvalue weighted by Gasteiger charge is -2.38. The molecule has 0 N–H and O–H groups in total.